The van der Waals surface area contributed by atoms with Gasteiger partial charge >= 0.3 is 0 Å². The van der Waals surface area contributed by atoms with Crippen molar-refractivity contribution >= 4 is 5.91 Å². The topological polar surface area (TPSA) is 46.3 Å². The van der Waals surface area contributed by atoms with Gasteiger partial charge in [-0.3, -0.25) is 4.79 Å². The number of amides is 1. The molecule has 0 unspecified atom stereocenters. The Balaban J connectivity index is 1.86. The molecule has 2 aromatic rings. The minimum Gasteiger partial charge on any atom is -0.359 e. The van der Waals surface area contributed by atoms with E-state index in [1.165, 1.54) is 12.1 Å². The maximum atomic E-state index is 13.8. The van der Waals surface area contributed by atoms with Gasteiger partial charge in [0.05, 0.1) is 17.3 Å². The summed E-state index contributed by atoms with van der Waals surface area (Å²) in [5.74, 6) is 0.183. The molecule has 0 bridgehead atoms. The Morgan fingerprint density at radius 3 is 2.86 bits per heavy atom. The molecule has 5 heteroatoms. The number of likely N-dealkylation sites (tertiary alicyclic amines) is 1. The SMILES string of the molecule is CC(C)c1cc([C@H]2CCCN2C(=O)c2ccccc2F)on1. The quantitative estimate of drug-likeness (QED) is 0.863. The van der Waals surface area contributed by atoms with Crippen LogP contribution >= 0.6 is 0 Å². The van der Waals surface area contributed by atoms with Crippen molar-refractivity contribution < 1.29 is 13.7 Å². The van der Waals surface area contributed by atoms with E-state index in [9.17, 15) is 9.18 Å². The van der Waals surface area contributed by atoms with Gasteiger partial charge in [-0.25, -0.2) is 4.39 Å². The highest BCUT2D eigenvalue weighted by Crippen LogP contribution is 2.34. The van der Waals surface area contributed by atoms with E-state index in [1.807, 2.05) is 19.9 Å². The Kier molecular flexibility index (Phi) is 3.96. The first kappa shape index (κ1) is 14.8. The molecule has 3 rings (SSSR count). The molecule has 0 aliphatic carbocycles. The molecule has 1 amide bonds. The highest BCUT2D eigenvalue weighted by molar-refractivity contribution is 5.94. The highest BCUT2D eigenvalue weighted by Gasteiger charge is 2.34. The van der Waals surface area contributed by atoms with Crippen LogP contribution in [-0.2, 0) is 0 Å². The Bertz CT molecular complexity index is 681. The van der Waals surface area contributed by atoms with Crippen molar-refractivity contribution in [1.82, 2.24) is 10.1 Å². The summed E-state index contributed by atoms with van der Waals surface area (Å²) >= 11 is 0. The van der Waals surface area contributed by atoms with Gasteiger partial charge in [0.1, 0.15) is 5.82 Å². The van der Waals surface area contributed by atoms with Crippen LogP contribution in [0.2, 0.25) is 0 Å². The molecule has 4 nitrogen and oxygen atoms in total. The van der Waals surface area contributed by atoms with Crippen molar-refractivity contribution in [3.05, 3.63) is 53.2 Å². The number of halogens is 1. The van der Waals surface area contributed by atoms with E-state index in [0.29, 0.717) is 12.3 Å². The number of carbonyl (C=O) groups is 1. The van der Waals surface area contributed by atoms with Crippen molar-refractivity contribution in [2.45, 2.75) is 38.6 Å². The fourth-order valence-corrected chi connectivity index (χ4v) is 2.83. The van der Waals surface area contributed by atoms with Gasteiger partial charge < -0.3 is 9.42 Å². The number of hydrogen-bond acceptors (Lipinski definition) is 3. The largest absolute Gasteiger partial charge is 0.359 e. The first-order valence-electron chi connectivity index (χ1n) is 7.60. The Labute approximate surface area is 128 Å². The minimum atomic E-state index is -0.487. The number of nitrogens with zero attached hydrogens (tertiary/aromatic N) is 2. The van der Waals surface area contributed by atoms with Crippen LogP contribution in [0.15, 0.2) is 34.9 Å². The second-order valence-corrected chi connectivity index (χ2v) is 5.95. The van der Waals surface area contributed by atoms with E-state index < -0.39 is 5.82 Å². The Hall–Kier alpha value is -2.17. The van der Waals surface area contributed by atoms with E-state index in [1.54, 1.807) is 17.0 Å². The van der Waals surface area contributed by atoms with Crippen LogP contribution < -0.4 is 0 Å². The van der Waals surface area contributed by atoms with Crippen LogP contribution in [-0.4, -0.2) is 22.5 Å². The summed E-state index contributed by atoms with van der Waals surface area (Å²) in [6.07, 6.45) is 1.69. The highest BCUT2D eigenvalue weighted by atomic mass is 19.1. The van der Waals surface area contributed by atoms with Crippen LogP contribution in [0.25, 0.3) is 0 Å². The smallest absolute Gasteiger partial charge is 0.257 e. The summed E-state index contributed by atoms with van der Waals surface area (Å²) in [5.41, 5.74) is 0.984. The summed E-state index contributed by atoms with van der Waals surface area (Å²) in [6.45, 7) is 4.69. The molecule has 1 saturated heterocycles. The van der Waals surface area contributed by atoms with Crippen LogP contribution in [0.5, 0.6) is 0 Å². The van der Waals surface area contributed by atoms with E-state index in [0.717, 1.165) is 18.5 Å². The molecule has 1 aromatic carbocycles. The zero-order chi connectivity index (χ0) is 15.7. The third-order valence-corrected chi connectivity index (χ3v) is 4.08. The van der Waals surface area contributed by atoms with Gasteiger partial charge in [-0.05, 0) is 30.9 Å². The van der Waals surface area contributed by atoms with Crippen molar-refractivity contribution in [2.24, 2.45) is 0 Å². The number of carbonyl (C=O) groups excluding carboxylic acids is 1. The molecule has 1 aliphatic heterocycles. The van der Waals surface area contributed by atoms with E-state index in [4.69, 9.17) is 4.52 Å². The fraction of sp³-hybridized carbons (Fsp3) is 0.412. The van der Waals surface area contributed by atoms with Crippen LogP contribution in [0.1, 0.15) is 60.5 Å². The zero-order valence-electron chi connectivity index (χ0n) is 12.8. The van der Waals surface area contributed by atoms with Crippen LogP contribution in [0.3, 0.4) is 0 Å². The lowest BCUT2D eigenvalue weighted by Gasteiger charge is -2.22. The molecule has 1 aliphatic rings. The fourth-order valence-electron chi connectivity index (χ4n) is 2.83. The molecule has 0 saturated carbocycles. The molecule has 116 valence electrons. The molecular formula is C17H19FN2O2. The van der Waals surface area contributed by atoms with Crippen molar-refractivity contribution in [3.8, 4) is 0 Å². The van der Waals surface area contributed by atoms with E-state index in [-0.39, 0.29) is 23.4 Å². The van der Waals surface area contributed by atoms with Gasteiger partial charge in [0, 0.05) is 12.6 Å². The number of benzene rings is 1. The summed E-state index contributed by atoms with van der Waals surface area (Å²) in [6, 6.07) is 7.83. The normalized spacial score (nSPS) is 18.2. The van der Waals surface area contributed by atoms with Gasteiger partial charge in [-0.2, -0.15) is 0 Å². The molecule has 2 heterocycles. The van der Waals surface area contributed by atoms with Crippen molar-refractivity contribution in [2.75, 3.05) is 6.54 Å². The van der Waals surface area contributed by atoms with Crippen LogP contribution in [0.4, 0.5) is 4.39 Å². The average molecular weight is 302 g/mol. The van der Waals surface area contributed by atoms with Gasteiger partial charge in [-0.1, -0.05) is 31.1 Å². The van der Waals surface area contributed by atoms with Crippen molar-refractivity contribution in [1.29, 1.82) is 0 Å². The van der Waals surface area contributed by atoms with Gasteiger partial charge in [0.2, 0.25) is 0 Å². The monoisotopic (exact) mass is 302 g/mol. The maximum absolute atomic E-state index is 13.8. The molecule has 1 fully saturated rings. The third-order valence-electron chi connectivity index (χ3n) is 4.08. The number of aromatic nitrogens is 1. The summed E-state index contributed by atoms with van der Waals surface area (Å²) in [4.78, 5) is 14.3. The third kappa shape index (κ3) is 2.63. The van der Waals surface area contributed by atoms with Gasteiger partial charge in [-0.15, -0.1) is 0 Å². The predicted octanol–water partition coefficient (Wildman–Crippen LogP) is 3.91. The molecule has 22 heavy (non-hydrogen) atoms. The average Bonchev–Trinajstić information content (AvgIpc) is 3.15. The van der Waals surface area contributed by atoms with E-state index >= 15 is 0 Å². The number of rotatable bonds is 3. The lowest BCUT2D eigenvalue weighted by Crippen LogP contribution is -2.31. The predicted molar refractivity (Wildman–Crippen MR) is 80.0 cm³/mol. The first-order valence-corrected chi connectivity index (χ1v) is 7.60. The zero-order valence-corrected chi connectivity index (χ0v) is 12.8. The minimum absolute atomic E-state index is 0.109. The van der Waals surface area contributed by atoms with Gasteiger partial charge in [0.15, 0.2) is 5.76 Å². The van der Waals surface area contributed by atoms with Crippen LogP contribution in [0, 0.1) is 5.82 Å². The summed E-state index contributed by atoms with van der Waals surface area (Å²) in [7, 11) is 0. The first-order chi connectivity index (χ1) is 10.6. The number of hydrogen-bond donors (Lipinski definition) is 0. The van der Waals surface area contributed by atoms with E-state index in [2.05, 4.69) is 5.16 Å². The molecular weight excluding hydrogens is 283 g/mol. The maximum Gasteiger partial charge on any atom is 0.257 e. The van der Waals surface area contributed by atoms with Gasteiger partial charge in [0.25, 0.3) is 5.91 Å². The lowest BCUT2D eigenvalue weighted by atomic mass is 10.1. The molecule has 1 atom stereocenters. The second kappa shape index (κ2) is 5.91. The standard InChI is InChI=1S/C17H19FN2O2/c1-11(2)14-10-16(22-19-14)15-8-5-9-20(15)17(21)12-6-3-4-7-13(12)18/h3-4,6-7,10-11,15H,5,8-9H2,1-2H3/t15-/m1/s1. The second-order valence-electron chi connectivity index (χ2n) is 5.95. The molecule has 1 aromatic heterocycles. The molecule has 0 spiro atoms. The molecule has 0 N–H and O–H groups in total. The summed E-state index contributed by atoms with van der Waals surface area (Å²) in [5, 5.41) is 4.06. The summed E-state index contributed by atoms with van der Waals surface area (Å²) < 4.78 is 19.3. The van der Waals surface area contributed by atoms with Crippen molar-refractivity contribution in [3.63, 3.8) is 0 Å². The Morgan fingerprint density at radius 2 is 2.18 bits per heavy atom. The lowest BCUT2D eigenvalue weighted by molar-refractivity contribution is 0.0710. The Morgan fingerprint density at radius 1 is 1.41 bits per heavy atom. The molecule has 0 radical (unpaired) electrons.